The quantitative estimate of drug-likeness (QED) is 0.659. The van der Waals surface area contributed by atoms with E-state index in [2.05, 4.69) is 20.5 Å². The fourth-order valence-electron chi connectivity index (χ4n) is 7.59. The SMILES string of the molecule is O=C1CCC(N2Cc3cc(-n4cc(C(=O)N5CCCC56CC5CCC6C5)nn4)ccc3C2=O)C(=O)N1. The molecule has 1 spiro atoms. The number of nitrogens with zero attached hydrogens (tertiary/aromatic N) is 5. The standard InChI is InChI=1S/C26H28N6O4/c33-22-7-6-21(23(34)27-22)30-13-16-11-18(4-5-19(16)24(30)35)32-14-20(28-29-32)25(36)31-9-1-8-26(31)12-15-2-3-17(26)10-15/h4-5,11,14-15,17,21H,1-3,6-10,12-13H2,(H,27,33,34). The van der Waals surface area contributed by atoms with Crippen LogP contribution in [0.3, 0.4) is 0 Å². The van der Waals surface area contributed by atoms with E-state index in [0.29, 0.717) is 29.3 Å². The molecule has 2 bridgehead atoms. The molecular formula is C26H28N6O4. The summed E-state index contributed by atoms with van der Waals surface area (Å²) in [5, 5.41) is 10.8. The fourth-order valence-corrected chi connectivity index (χ4v) is 7.59. The van der Waals surface area contributed by atoms with Gasteiger partial charge in [0.15, 0.2) is 5.69 Å². The van der Waals surface area contributed by atoms with E-state index in [9.17, 15) is 19.2 Å². The number of carbonyl (C=O) groups excluding carboxylic acids is 4. The summed E-state index contributed by atoms with van der Waals surface area (Å²) in [6.07, 6.45) is 9.26. The van der Waals surface area contributed by atoms with Crippen LogP contribution in [-0.4, -0.2) is 66.5 Å². The molecule has 5 aliphatic rings. The molecule has 1 aromatic heterocycles. The molecule has 4 unspecified atom stereocenters. The number of benzene rings is 1. The van der Waals surface area contributed by atoms with E-state index >= 15 is 0 Å². The number of hydrogen-bond acceptors (Lipinski definition) is 6. The molecule has 10 heteroatoms. The van der Waals surface area contributed by atoms with Crippen LogP contribution < -0.4 is 5.32 Å². The van der Waals surface area contributed by atoms with Gasteiger partial charge in [-0.05, 0) is 80.5 Å². The zero-order valence-electron chi connectivity index (χ0n) is 20.0. The predicted octanol–water partition coefficient (Wildman–Crippen LogP) is 1.82. The molecule has 10 nitrogen and oxygen atoms in total. The molecule has 4 heterocycles. The maximum absolute atomic E-state index is 13.5. The number of amides is 4. The molecular weight excluding hydrogens is 460 g/mol. The third-order valence-electron chi connectivity index (χ3n) is 9.20. The van der Waals surface area contributed by atoms with Crippen molar-refractivity contribution >= 4 is 23.6 Å². The van der Waals surface area contributed by atoms with E-state index < -0.39 is 11.9 Å². The van der Waals surface area contributed by atoms with Crippen molar-refractivity contribution in [3.8, 4) is 5.69 Å². The molecule has 1 N–H and O–H groups in total. The Hall–Kier alpha value is -3.56. The number of fused-ring (bicyclic) bond motifs is 4. The molecule has 1 aromatic carbocycles. The first-order valence-electron chi connectivity index (χ1n) is 13.0. The van der Waals surface area contributed by atoms with Crippen molar-refractivity contribution in [1.82, 2.24) is 30.1 Å². The predicted molar refractivity (Wildman–Crippen MR) is 126 cm³/mol. The van der Waals surface area contributed by atoms with Crippen LogP contribution in [0.25, 0.3) is 5.69 Å². The van der Waals surface area contributed by atoms with Crippen molar-refractivity contribution in [2.75, 3.05) is 6.54 Å². The van der Waals surface area contributed by atoms with E-state index in [1.165, 1.54) is 24.2 Å². The van der Waals surface area contributed by atoms with Crippen molar-refractivity contribution in [2.24, 2.45) is 11.8 Å². The average Bonchev–Trinajstić information content (AvgIpc) is 3.69. The first-order chi connectivity index (χ1) is 17.4. The van der Waals surface area contributed by atoms with E-state index in [0.717, 1.165) is 37.3 Å². The molecule has 4 amide bonds. The number of piperidine rings is 1. The van der Waals surface area contributed by atoms with E-state index in [4.69, 9.17) is 0 Å². The summed E-state index contributed by atoms with van der Waals surface area (Å²) in [7, 11) is 0. The van der Waals surface area contributed by atoms with E-state index in [1.54, 1.807) is 23.0 Å². The first-order valence-corrected chi connectivity index (χ1v) is 13.0. The van der Waals surface area contributed by atoms with Gasteiger partial charge in [0.1, 0.15) is 6.04 Å². The minimum absolute atomic E-state index is 0.0111. The second-order valence-corrected chi connectivity index (χ2v) is 11.0. The lowest BCUT2D eigenvalue weighted by atomic mass is 9.79. The van der Waals surface area contributed by atoms with E-state index in [-0.39, 0.29) is 36.2 Å². The molecule has 36 heavy (non-hydrogen) atoms. The summed E-state index contributed by atoms with van der Waals surface area (Å²) in [5.74, 6) is 0.387. The van der Waals surface area contributed by atoms with Gasteiger partial charge in [-0.25, -0.2) is 4.68 Å². The molecule has 186 valence electrons. The van der Waals surface area contributed by atoms with Gasteiger partial charge in [0.25, 0.3) is 11.8 Å². The lowest BCUT2D eigenvalue weighted by Crippen LogP contribution is -2.52. The number of imide groups is 1. The Morgan fingerprint density at radius 1 is 1.14 bits per heavy atom. The fraction of sp³-hybridized carbons (Fsp3) is 0.538. The highest BCUT2D eigenvalue weighted by atomic mass is 16.2. The number of likely N-dealkylation sites (tertiary alicyclic amines) is 1. The van der Waals surface area contributed by atoms with Gasteiger partial charge in [-0.15, -0.1) is 5.10 Å². The van der Waals surface area contributed by atoms with Crippen LogP contribution >= 0.6 is 0 Å². The zero-order chi connectivity index (χ0) is 24.6. The highest BCUT2D eigenvalue weighted by Gasteiger charge is 2.57. The molecule has 0 radical (unpaired) electrons. The summed E-state index contributed by atoms with van der Waals surface area (Å²) in [4.78, 5) is 53.9. The van der Waals surface area contributed by atoms with Gasteiger partial charge in [0.2, 0.25) is 11.8 Å². The van der Waals surface area contributed by atoms with Crippen LogP contribution in [-0.2, 0) is 16.1 Å². The Morgan fingerprint density at radius 2 is 2.03 bits per heavy atom. The smallest absolute Gasteiger partial charge is 0.276 e. The number of aromatic nitrogens is 3. The second kappa shape index (κ2) is 7.72. The van der Waals surface area contributed by atoms with Gasteiger partial charge in [-0.3, -0.25) is 24.5 Å². The molecule has 2 aliphatic carbocycles. The summed E-state index contributed by atoms with van der Waals surface area (Å²) in [6, 6.07) is 4.71. The Morgan fingerprint density at radius 3 is 2.81 bits per heavy atom. The van der Waals surface area contributed by atoms with Crippen LogP contribution in [0, 0.1) is 11.8 Å². The minimum Gasteiger partial charge on any atom is -0.331 e. The van der Waals surface area contributed by atoms with Gasteiger partial charge in [0, 0.05) is 30.6 Å². The second-order valence-electron chi connectivity index (χ2n) is 11.0. The highest BCUT2D eigenvalue weighted by Crippen LogP contribution is 2.57. The van der Waals surface area contributed by atoms with E-state index in [1.807, 2.05) is 6.07 Å². The number of rotatable bonds is 3. The Bertz CT molecular complexity index is 1320. The normalized spacial score (nSPS) is 31.0. The van der Waals surface area contributed by atoms with Gasteiger partial charge < -0.3 is 9.80 Å². The average molecular weight is 489 g/mol. The van der Waals surface area contributed by atoms with Crippen LogP contribution in [0.15, 0.2) is 24.4 Å². The minimum atomic E-state index is -0.653. The summed E-state index contributed by atoms with van der Waals surface area (Å²) >= 11 is 0. The van der Waals surface area contributed by atoms with Crippen molar-refractivity contribution in [1.29, 1.82) is 0 Å². The van der Waals surface area contributed by atoms with Crippen LogP contribution in [0.5, 0.6) is 0 Å². The van der Waals surface area contributed by atoms with Gasteiger partial charge in [-0.1, -0.05) is 5.21 Å². The number of hydrogen-bond donors (Lipinski definition) is 1. The topological polar surface area (TPSA) is 118 Å². The molecule has 7 rings (SSSR count). The lowest BCUT2D eigenvalue weighted by molar-refractivity contribution is -0.136. The van der Waals surface area contributed by atoms with Gasteiger partial charge >= 0.3 is 0 Å². The number of carbonyl (C=O) groups is 4. The van der Waals surface area contributed by atoms with Crippen LogP contribution in [0.4, 0.5) is 0 Å². The molecule has 3 aliphatic heterocycles. The largest absolute Gasteiger partial charge is 0.331 e. The molecule has 2 saturated carbocycles. The van der Waals surface area contributed by atoms with Crippen molar-refractivity contribution in [3.05, 3.63) is 41.2 Å². The monoisotopic (exact) mass is 488 g/mol. The molecule has 4 atom stereocenters. The molecule has 2 saturated heterocycles. The zero-order valence-corrected chi connectivity index (χ0v) is 20.0. The molecule has 4 fully saturated rings. The third kappa shape index (κ3) is 3.09. The van der Waals surface area contributed by atoms with Gasteiger partial charge in [0.05, 0.1) is 11.9 Å². The Balaban J connectivity index is 1.11. The van der Waals surface area contributed by atoms with Crippen LogP contribution in [0.2, 0.25) is 0 Å². The van der Waals surface area contributed by atoms with Gasteiger partial charge in [-0.2, -0.15) is 0 Å². The Kier molecular flexibility index (Phi) is 4.65. The summed E-state index contributed by atoms with van der Waals surface area (Å²) in [6.45, 7) is 1.07. The lowest BCUT2D eigenvalue weighted by Gasteiger charge is -2.41. The highest BCUT2D eigenvalue weighted by molar-refractivity contribution is 6.05. The summed E-state index contributed by atoms with van der Waals surface area (Å²) < 4.78 is 1.58. The Labute approximate surface area is 208 Å². The first kappa shape index (κ1) is 21.7. The maximum atomic E-state index is 13.5. The molecule has 2 aromatic rings. The van der Waals surface area contributed by atoms with Crippen molar-refractivity contribution in [3.63, 3.8) is 0 Å². The number of nitrogens with one attached hydrogen (secondary N) is 1. The van der Waals surface area contributed by atoms with Crippen LogP contribution in [0.1, 0.15) is 77.8 Å². The third-order valence-corrected chi connectivity index (χ3v) is 9.20. The summed E-state index contributed by atoms with van der Waals surface area (Å²) in [5.41, 5.74) is 2.38. The van der Waals surface area contributed by atoms with Crippen molar-refractivity contribution < 1.29 is 19.2 Å². The van der Waals surface area contributed by atoms with Crippen molar-refractivity contribution in [2.45, 2.75) is 69.5 Å². The maximum Gasteiger partial charge on any atom is 0.276 e.